The molecule has 2 aromatic carbocycles. The summed E-state index contributed by atoms with van der Waals surface area (Å²) in [5.74, 6) is 2.12. The van der Waals surface area contributed by atoms with E-state index in [1.165, 1.54) is 7.11 Å². The molecule has 0 fully saturated rings. The van der Waals surface area contributed by atoms with Crippen LogP contribution in [0, 0.1) is 0 Å². The normalized spacial score (nSPS) is 19.0. The minimum atomic E-state index is -0.273. The van der Waals surface area contributed by atoms with Crippen LogP contribution in [0.4, 0.5) is 0 Å². The highest BCUT2D eigenvalue weighted by Gasteiger charge is 2.35. The predicted octanol–water partition coefficient (Wildman–Crippen LogP) is 3.15. The molecule has 2 aromatic rings. The monoisotopic (exact) mass is 369 g/mol. The summed E-state index contributed by atoms with van der Waals surface area (Å²) >= 11 is 0. The van der Waals surface area contributed by atoms with Crippen LogP contribution in [0.3, 0.4) is 0 Å². The number of methoxy groups -OCH3 is 2. The third-order valence-electron chi connectivity index (χ3n) is 4.81. The van der Waals surface area contributed by atoms with E-state index in [2.05, 4.69) is 5.16 Å². The maximum absolute atomic E-state index is 12.8. The highest BCUT2D eigenvalue weighted by Crippen LogP contribution is 2.42. The van der Waals surface area contributed by atoms with Crippen molar-refractivity contribution in [1.29, 1.82) is 0 Å². The van der Waals surface area contributed by atoms with E-state index in [0.29, 0.717) is 39.8 Å². The average molecular weight is 369 g/mol. The fourth-order valence-electron chi connectivity index (χ4n) is 3.52. The van der Waals surface area contributed by atoms with Crippen molar-refractivity contribution >= 4 is 11.5 Å². The molecule has 1 aliphatic carbocycles. The van der Waals surface area contributed by atoms with E-state index >= 15 is 0 Å². The Hall–Kier alpha value is -3.22. The molecule has 1 heterocycles. The Morgan fingerprint density at radius 1 is 0.963 bits per heavy atom. The van der Waals surface area contributed by atoms with E-state index in [1.807, 2.05) is 18.2 Å². The Morgan fingerprint density at radius 3 is 2.33 bits per heavy atom. The molecule has 0 bridgehead atoms. The van der Waals surface area contributed by atoms with Gasteiger partial charge in [-0.2, -0.15) is 0 Å². The molecule has 0 saturated carbocycles. The SMILES string of the molecule is CON=C1c2cc3c(cc2C(=O)CC1c1ccc(OC)c(OC)c1)OCO3. The zero-order valence-electron chi connectivity index (χ0n) is 15.3. The number of oxime groups is 1. The Bertz CT molecular complexity index is 936. The number of Topliss-reactive ketones (excluding diaryl/α,β-unsaturated/α-hetero) is 1. The molecule has 27 heavy (non-hydrogen) atoms. The zero-order chi connectivity index (χ0) is 19.0. The van der Waals surface area contributed by atoms with Gasteiger partial charge in [0, 0.05) is 23.5 Å². The number of fused-ring (bicyclic) bond motifs is 2. The first kappa shape index (κ1) is 17.2. The highest BCUT2D eigenvalue weighted by atomic mass is 16.7. The standard InChI is InChI=1S/C20H19NO6/c1-23-16-5-4-11(6-17(16)24-2)12-7-15(22)13-8-18-19(27-10-26-18)9-14(13)20(12)21-25-3/h4-6,8-9,12H,7,10H2,1-3H3. The van der Waals surface area contributed by atoms with E-state index in [-0.39, 0.29) is 24.9 Å². The minimum Gasteiger partial charge on any atom is -0.493 e. The second kappa shape index (κ2) is 6.83. The first-order valence-corrected chi connectivity index (χ1v) is 8.46. The maximum atomic E-state index is 12.8. The zero-order valence-corrected chi connectivity index (χ0v) is 15.3. The van der Waals surface area contributed by atoms with E-state index in [0.717, 1.165) is 5.56 Å². The fraction of sp³-hybridized carbons (Fsp3) is 0.300. The van der Waals surface area contributed by atoms with Crippen molar-refractivity contribution < 1.29 is 28.6 Å². The van der Waals surface area contributed by atoms with Gasteiger partial charge >= 0.3 is 0 Å². The van der Waals surface area contributed by atoms with E-state index in [9.17, 15) is 4.79 Å². The van der Waals surface area contributed by atoms with Gasteiger partial charge in [0.05, 0.1) is 19.9 Å². The Balaban J connectivity index is 1.83. The molecule has 140 valence electrons. The van der Waals surface area contributed by atoms with Gasteiger partial charge in [-0.15, -0.1) is 0 Å². The fourth-order valence-corrected chi connectivity index (χ4v) is 3.52. The van der Waals surface area contributed by atoms with Crippen molar-refractivity contribution in [3.63, 3.8) is 0 Å². The molecule has 7 nitrogen and oxygen atoms in total. The molecule has 0 amide bonds. The molecule has 2 aliphatic rings. The van der Waals surface area contributed by atoms with E-state index in [4.69, 9.17) is 23.8 Å². The molecular formula is C20H19NO6. The molecule has 1 aliphatic heterocycles. The summed E-state index contributed by atoms with van der Waals surface area (Å²) in [6.07, 6.45) is 0.268. The smallest absolute Gasteiger partial charge is 0.231 e. The second-order valence-corrected chi connectivity index (χ2v) is 6.20. The summed E-state index contributed by atoms with van der Waals surface area (Å²) in [4.78, 5) is 17.9. The highest BCUT2D eigenvalue weighted by molar-refractivity contribution is 6.19. The van der Waals surface area contributed by atoms with Crippen LogP contribution in [-0.2, 0) is 4.84 Å². The molecule has 1 unspecified atom stereocenters. The van der Waals surface area contributed by atoms with Crippen LogP contribution in [0.5, 0.6) is 23.0 Å². The maximum Gasteiger partial charge on any atom is 0.231 e. The minimum absolute atomic E-state index is 0.0122. The summed E-state index contributed by atoms with van der Waals surface area (Å²) in [7, 11) is 4.65. The largest absolute Gasteiger partial charge is 0.493 e. The van der Waals surface area contributed by atoms with Gasteiger partial charge < -0.3 is 23.8 Å². The van der Waals surface area contributed by atoms with Crippen molar-refractivity contribution in [3.05, 3.63) is 47.0 Å². The van der Waals surface area contributed by atoms with Crippen molar-refractivity contribution in [2.45, 2.75) is 12.3 Å². The summed E-state index contributed by atoms with van der Waals surface area (Å²) < 4.78 is 21.6. The third kappa shape index (κ3) is 2.85. The number of ether oxygens (including phenoxy) is 4. The van der Waals surface area contributed by atoms with Gasteiger partial charge in [0.2, 0.25) is 6.79 Å². The number of rotatable bonds is 4. The molecule has 0 spiro atoms. The van der Waals surface area contributed by atoms with Crippen LogP contribution in [0.25, 0.3) is 0 Å². The Morgan fingerprint density at radius 2 is 1.67 bits per heavy atom. The lowest BCUT2D eigenvalue weighted by molar-refractivity contribution is 0.0975. The number of ketones is 1. The Kier molecular flexibility index (Phi) is 4.35. The number of benzene rings is 2. The van der Waals surface area contributed by atoms with Gasteiger partial charge in [0.1, 0.15) is 7.11 Å². The molecule has 4 rings (SSSR count). The van der Waals surface area contributed by atoms with Gasteiger partial charge in [-0.1, -0.05) is 11.2 Å². The summed E-state index contributed by atoms with van der Waals surface area (Å²) in [6.45, 7) is 0.141. The van der Waals surface area contributed by atoms with E-state index < -0.39 is 0 Å². The first-order chi connectivity index (χ1) is 13.2. The van der Waals surface area contributed by atoms with Crippen LogP contribution in [-0.4, -0.2) is 39.6 Å². The van der Waals surface area contributed by atoms with Crippen molar-refractivity contribution in [3.8, 4) is 23.0 Å². The number of hydrogen-bond donors (Lipinski definition) is 0. The molecule has 0 N–H and O–H groups in total. The van der Waals surface area contributed by atoms with E-state index in [1.54, 1.807) is 26.4 Å². The summed E-state index contributed by atoms with van der Waals surface area (Å²) in [6, 6.07) is 9.09. The van der Waals surface area contributed by atoms with Gasteiger partial charge in [-0.3, -0.25) is 4.79 Å². The lowest BCUT2D eigenvalue weighted by atomic mass is 9.77. The first-order valence-electron chi connectivity index (χ1n) is 8.46. The van der Waals surface area contributed by atoms with Crippen LogP contribution in [0.1, 0.15) is 33.8 Å². The van der Waals surface area contributed by atoms with Crippen molar-refractivity contribution in [2.24, 2.45) is 5.16 Å². The second-order valence-electron chi connectivity index (χ2n) is 6.20. The quantitative estimate of drug-likeness (QED) is 0.771. The van der Waals surface area contributed by atoms with Crippen LogP contribution >= 0.6 is 0 Å². The van der Waals surface area contributed by atoms with Crippen LogP contribution < -0.4 is 18.9 Å². The van der Waals surface area contributed by atoms with Crippen LogP contribution in [0.15, 0.2) is 35.5 Å². The van der Waals surface area contributed by atoms with Crippen LogP contribution in [0.2, 0.25) is 0 Å². The number of nitrogens with zero attached hydrogens (tertiary/aromatic N) is 1. The topological polar surface area (TPSA) is 75.6 Å². The third-order valence-corrected chi connectivity index (χ3v) is 4.81. The molecular weight excluding hydrogens is 350 g/mol. The van der Waals surface area contributed by atoms with Gasteiger partial charge in [0.15, 0.2) is 28.8 Å². The molecule has 0 saturated heterocycles. The predicted molar refractivity (Wildman–Crippen MR) is 97.3 cm³/mol. The van der Waals surface area contributed by atoms with Gasteiger partial charge in [-0.05, 0) is 29.8 Å². The molecule has 1 atom stereocenters. The van der Waals surface area contributed by atoms with Crippen molar-refractivity contribution in [1.82, 2.24) is 0 Å². The molecule has 0 aromatic heterocycles. The summed E-state index contributed by atoms with van der Waals surface area (Å²) in [5.41, 5.74) is 2.81. The summed E-state index contributed by atoms with van der Waals surface area (Å²) in [5, 5.41) is 4.24. The van der Waals surface area contributed by atoms with Crippen molar-refractivity contribution in [2.75, 3.05) is 28.1 Å². The number of carbonyl (C=O) groups excluding carboxylic acids is 1. The van der Waals surface area contributed by atoms with Gasteiger partial charge in [0.25, 0.3) is 0 Å². The van der Waals surface area contributed by atoms with Gasteiger partial charge in [-0.25, -0.2) is 0 Å². The average Bonchev–Trinajstić information content (AvgIpc) is 3.16. The molecule has 0 radical (unpaired) electrons. The molecule has 7 heteroatoms. The Labute approximate surface area is 156 Å². The number of hydrogen-bond acceptors (Lipinski definition) is 7. The number of carbonyl (C=O) groups is 1. The lowest BCUT2D eigenvalue weighted by Crippen LogP contribution is -2.26. The lowest BCUT2D eigenvalue weighted by Gasteiger charge is -2.26.